The van der Waals surface area contributed by atoms with Gasteiger partial charge < -0.3 is 10.2 Å². The first-order valence-electron chi connectivity index (χ1n) is 5.99. The monoisotopic (exact) mass is 301 g/mol. The third-order valence-electron chi connectivity index (χ3n) is 3.43. The standard InChI is InChI=1S/C13H19NO5S/c1-9(13(2,17)12(15)16)10-5-7-11(8-6-10)20(18,19)14(3)4/h5-9,17H,1-4H3,(H,15,16). The first kappa shape index (κ1) is 16.6. The fourth-order valence-corrected chi connectivity index (χ4v) is 2.55. The molecule has 7 heteroatoms. The molecule has 1 aromatic rings. The number of benzene rings is 1. The first-order chi connectivity index (χ1) is 9.01. The molecule has 2 unspecified atom stereocenters. The van der Waals surface area contributed by atoms with Gasteiger partial charge >= 0.3 is 5.97 Å². The maximum atomic E-state index is 11.9. The van der Waals surface area contributed by atoms with Crippen LogP contribution in [0.2, 0.25) is 0 Å². The van der Waals surface area contributed by atoms with Crippen LogP contribution in [0, 0.1) is 0 Å². The van der Waals surface area contributed by atoms with Crippen molar-refractivity contribution >= 4 is 16.0 Å². The Morgan fingerprint density at radius 1 is 1.25 bits per heavy atom. The van der Waals surface area contributed by atoms with Crippen LogP contribution in [0.4, 0.5) is 0 Å². The maximum Gasteiger partial charge on any atom is 0.336 e. The van der Waals surface area contributed by atoms with Gasteiger partial charge in [0.15, 0.2) is 5.60 Å². The number of nitrogens with zero attached hydrogens (tertiary/aromatic N) is 1. The summed E-state index contributed by atoms with van der Waals surface area (Å²) in [4.78, 5) is 11.1. The van der Waals surface area contributed by atoms with Gasteiger partial charge in [0, 0.05) is 20.0 Å². The average Bonchev–Trinajstić information content (AvgIpc) is 2.37. The van der Waals surface area contributed by atoms with Gasteiger partial charge in [-0.25, -0.2) is 17.5 Å². The smallest absolute Gasteiger partial charge is 0.336 e. The van der Waals surface area contributed by atoms with Crippen LogP contribution in [0.3, 0.4) is 0 Å². The predicted molar refractivity (Wildman–Crippen MR) is 74.0 cm³/mol. The molecule has 0 fully saturated rings. The van der Waals surface area contributed by atoms with E-state index in [-0.39, 0.29) is 4.90 Å². The molecular weight excluding hydrogens is 282 g/mol. The minimum Gasteiger partial charge on any atom is -0.479 e. The number of carboxylic acids is 1. The highest BCUT2D eigenvalue weighted by Crippen LogP contribution is 2.29. The number of aliphatic hydroxyl groups is 1. The fraction of sp³-hybridized carbons (Fsp3) is 0.462. The molecule has 2 atom stereocenters. The third-order valence-corrected chi connectivity index (χ3v) is 5.26. The van der Waals surface area contributed by atoms with Gasteiger partial charge in [-0.05, 0) is 24.6 Å². The van der Waals surface area contributed by atoms with Gasteiger partial charge in [0.05, 0.1) is 4.90 Å². The Morgan fingerprint density at radius 3 is 2.05 bits per heavy atom. The summed E-state index contributed by atoms with van der Waals surface area (Å²) < 4.78 is 24.9. The van der Waals surface area contributed by atoms with E-state index in [0.29, 0.717) is 5.56 Å². The van der Waals surface area contributed by atoms with Gasteiger partial charge in [-0.3, -0.25) is 0 Å². The van der Waals surface area contributed by atoms with Crippen molar-refractivity contribution in [3.63, 3.8) is 0 Å². The Hall–Kier alpha value is -1.44. The Bertz CT molecular complexity index is 590. The topological polar surface area (TPSA) is 94.9 Å². The van der Waals surface area contributed by atoms with E-state index < -0.39 is 27.5 Å². The molecular formula is C13H19NO5S. The maximum absolute atomic E-state index is 11.9. The van der Waals surface area contributed by atoms with Crippen molar-refractivity contribution in [3.8, 4) is 0 Å². The largest absolute Gasteiger partial charge is 0.479 e. The van der Waals surface area contributed by atoms with Crippen molar-refractivity contribution in [2.45, 2.75) is 30.3 Å². The summed E-state index contributed by atoms with van der Waals surface area (Å²) in [6, 6.07) is 5.83. The van der Waals surface area contributed by atoms with Crippen LogP contribution in [-0.2, 0) is 14.8 Å². The number of sulfonamides is 1. The van der Waals surface area contributed by atoms with Gasteiger partial charge in [-0.15, -0.1) is 0 Å². The molecule has 0 spiro atoms. The lowest BCUT2D eigenvalue weighted by atomic mass is 9.85. The first-order valence-corrected chi connectivity index (χ1v) is 7.43. The molecule has 20 heavy (non-hydrogen) atoms. The highest BCUT2D eigenvalue weighted by Gasteiger charge is 2.37. The molecule has 112 valence electrons. The zero-order valence-electron chi connectivity index (χ0n) is 11.9. The normalized spacial score (nSPS) is 16.7. The van der Waals surface area contributed by atoms with E-state index in [1.54, 1.807) is 6.92 Å². The number of carbonyl (C=O) groups is 1. The number of carboxylic acid groups (broad SMARTS) is 1. The number of aliphatic carboxylic acids is 1. The summed E-state index contributed by atoms with van der Waals surface area (Å²) in [5.41, 5.74) is -1.36. The molecule has 0 saturated carbocycles. The van der Waals surface area contributed by atoms with Gasteiger partial charge in [-0.2, -0.15) is 0 Å². The lowest BCUT2D eigenvalue weighted by Crippen LogP contribution is -2.40. The molecule has 1 rings (SSSR count). The summed E-state index contributed by atoms with van der Waals surface area (Å²) >= 11 is 0. The second-order valence-electron chi connectivity index (χ2n) is 5.03. The molecule has 0 saturated heterocycles. The SMILES string of the molecule is CC(c1ccc(S(=O)(=O)N(C)C)cc1)C(C)(O)C(=O)O. The van der Waals surface area contributed by atoms with Crippen LogP contribution < -0.4 is 0 Å². The van der Waals surface area contributed by atoms with Crippen LogP contribution in [0.1, 0.15) is 25.3 Å². The number of hydrogen-bond acceptors (Lipinski definition) is 4. The molecule has 1 aromatic carbocycles. The summed E-state index contributed by atoms with van der Waals surface area (Å²) in [6.07, 6.45) is 0. The van der Waals surface area contributed by atoms with Crippen LogP contribution >= 0.6 is 0 Å². The molecule has 0 bridgehead atoms. The zero-order valence-corrected chi connectivity index (χ0v) is 12.7. The van der Waals surface area contributed by atoms with Gasteiger partial charge in [-0.1, -0.05) is 19.1 Å². The van der Waals surface area contributed by atoms with E-state index in [2.05, 4.69) is 0 Å². The minimum atomic E-state index is -3.52. The van der Waals surface area contributed by atoms with Crippen LogP contribution in [0.5, 0.6) is 0 Å². The lowest BCUT2D eigenvalue weighted by Gasteiger charge is -2.26. The van der Waals surface area contributed by atoms with Crippen molar-refractivity contribution in [1.29, 1.82) is 0 Å². The summed E-state index contributed by atoms with van der Waals surface area (Å²) in [5, 5.41) is 18.9. The van der Waals surface area contributed by atoms with Crippen LogP contribution in [-0.4, -0.2) is 48.6 Å². The molecule has 0 radical (unpaired) electrons. The van der Waals surface area contributed by atoms with Gasteiger partial charge in [0.25, 0.3) is 0 Å². The molecule has 0 heterocycles. The number of hydrogen-bond donors (Lipinski definition) is 2. The molecule has 6 nitrogen and oxygen atoms in total. The van der Waals surface area contributed by atoms with Crippen molar-refractivity contribution in [1.82, 2.24) is 4.31 Å². The van der Waals surface area contributed by atoms with Crippen LogP contribution in [0.15, 0.2) is 29.2 Å². The quantitative estimate of drug-likeness (QED) is 0.841. The van der Waals surface area contributed by atoms with E-state index in [4.69, 9.17) is 5.11 Å². The summed E-state index contributed by atoms with van der Waals surface area (Å²) in [6.45, 7) is 2.79. The molecule has 0 aliphatic carbocycles. The third kappa shape index (κ3) is 3.00. The zero-order chi connectivity index (χ0) is 15.7. The molecule has 0 aliphatic rings. The Kier molecular flexibility index (Phi) is 4.58. The summed E-state index contributed by atoms with van der Waals surface area (Å²) in [7, 11) is -0.653. The van der Waals surface area contributed by atoms with Gasteiger partial charge in [0.1, 0.15) is 0 Å². The Balaban J connectivity index is 3.13. The van der Waals surface area contributed by atoms with E-state index >= 15 is 0 Å². The number of rotatable bonds is 5. The van der Waals surface area contributed by atoms with Crippen molar-refractivity contribution < 1.29 is 23.4 Å². The predicted octanol–water partition coefficient (Wildman–Crippen LogP) is 0.876. The Morgan fingerprint density at radius 2 is 1.70 bits per heavy atom. The Labute approximate surface area is 118 Å². The molecule has 0 aromatic heterocycles. The molecule has 0 amide bonds. The lowest BCUT2D eigenvalue weighted by molar-refractivity contribution is -0.158. The van der Waals surface area contributed by atoms with Crippen molar-refractivity contribution in [2.75, 3.05) is 14.1 Å². The fourth-order valence-electron chi connectivity index (χ4n) is 1.65. The van der Waals surface area contributed by atoms with E-state index in [0.717, 1.165) is 4.31 Å². The van der Waals surface area contributed by atoms with E-state index in [1.807, 2.05) is 0 Å². The van der Waals surface area contributed by atoms with Crippen LogP contribution in [0.25, 0.3) is 0 Å². The van der Waals surface area contributed by atoms with Crippen molar-refractivity contribution in [3.05, 3.63) is 29.8 Å². The second kappa shape index (κ2) is 5.51. The average molecular weight is 301 g/mol. The highest BCUT2D eigenvalue weighted by molar-refractivity contribution is 7.89. The van der Waals surface area contributed by atoms with Gasteiger partial charge in [0.2, 0.25) is 10.0 Å². The van der Waals surface area contributed by atoms with E-state index in [1.165, 1.54) is 45.3 Å². The van der Waals surface area contributed by atoms with Crippen molar-refractivity contribution in [2.24, 2.45) is 0 Å². The second-order valence-corrected chi connectivity index (χ2v) is 7.18. The molecule has 2 N–H and O–H groups in total. The summed E-state index contributed by atoms with van der Waals surface area (Å²) in [5.74, 6) is -1.99. The molecule has 0 aliphatic heterocycles. The minimum absolute atomic E-state index is 0.119. The highest BCUT2D eigenvalue weighted by atomic mass is 32.2. The van der Waals surface area contributed by atoms with E-state index in [9.17, 15) is 18.3 Å².